The maximum absolute atomic E-state index is 13.5. The second-order valence-electron chi connectivity index (χ2n) is 10.4. The Morgan fingerprint density at radius 2 is 1.91 bits per heavy atom. The third-order valence-corrected chi connectivity index (χ3v) is 8.50. The number of likely N-dealkylation sites (tertiary alicyclic amines) is 1. The van der Waals surface area contributed by atoms with Crippen LogP contribution in [-0.2, 0) is 6.54 Å². The first-order chi connectivity index (χ1) is 20.5. The monoisotopic (exact) mass is 616 g/mol. The van der Waals surface area contributed by atoms with Gasteiger partial charge < -0.3 is 19.9 Å². The molecule has 0 spiro atoms. The van der Waals surface area contributed by atoms with E-state index in [1.165, 1.54) is 18.5 Å². The number of fused-ring (bicyclic) bond motifs is 1. The van der Waals surface area contributed by atoms with Crippen LogP contribution in [0, 0.1) is 0 Å². The van der Waals surface area contributed by atoms with Gasteiger partial charge in [0, 0.05) is 54.3 Å². The number of hydrogen-bond donors (Lipinski definition) is 3. The van der Waals surface area contributed by atoms with Crippen LogP contribution in [0.4, 0.5) is 23.8 Å². The number of halogens is 3. The van der Waals surface area contributed by atoms with Crippen LogP contribution < -0.4 is 16.1 Å². The second kappa shape index (κ2) is 12.8. The third kappa shape index (κ3) is 6.85. The zero-order chi connectivity index (χ0) is 30.7. The van der Waals surface area contributed by atoms with Crippen molar-refractivity contribution in [3.63, 3.8) is 0 Å². The van der Waals surface area contributed by atoms with Gasteiger partial charge in [0.15, 0.2) is 6.04 Å². The highest BCUT2D eigenvalue weighted by molar-refractivity contribution is 8.14. The van der Waals surface area contributed by atoms with E-state index in [0.717, 1.165) is 37.7 Å². The Balaban J connectivity index is 1.59. The largest absolute Gasteiger partial charge is 0.477 e. The van der Waals surface area contributed by atoms with Gasteiger partial charge in [-0.3, -0.25) is 15.1 Å². The summed E-state index contributed by atoms with van der Waals surface area (Å²) in [6, 6.07) is 4.03. The van der Waals surface area contributed by atoms with Gasteiger partial charge in [-0.15, -0.1) is 11.8 Å². The van der Waals surface area contributed by atoms with Crippen LogP contribution in [0.2, 0.25) is 0 Å². The van der Waals surface area contributed by atoms with Crippen molar-refractivity contribution in [2.45, 2.75) is 44.9 Å². The summed E-state index contributed by atoms with van der Waals surface area (Å²) in [7, 11) is 0. The second-order valence-corrected chi connectivity index (χ2v) is 11.5. The zero-order valence-corrected chi connectivity index (χ0v) is 24.2. The summed E-state index contributed by atoms with van der Waals surface area (Å²) in [5.41, 5.74) is 0.655. The van der Waals surface area contributed by atoms with Crippen molar-refractivity contribution in [3.05, 3.63) is 58.0 Å². The topological polar surface area (TPSA) is 129 Å². The van der Waals surface area contributed by atoms with E-state index < -0.39 is 29.6 Å². The van der Waals surface area contributed by atoms with Gasteiger partial charge in [0.1, 0.15) is 11.4 Å². The highest BCUT2D eigenvalue weighted by Crippen LogP contribution is 2.37. The maximum Gasteiger partial charge on any atom is 0.411 e. The van der Waals surface area contributed by atoms with Crippen LogP contribution in [0.3, 0.4) is 0 Å². The van der Waals surface area contributed by atoms with Crippen molar-refractivity contribution < 1.29 is 27.9 Å². The summed E-state index contributed by atoms with van der Waals surface area (Å²) in [5.74, 6) is -1.52. The quantitative estimate of drug-likeness (QED) is 0.315. The lowest BCUT2D eigenvalue weighted by atomic mass is 9.99. The van der Waals surface area contributed by atoms with Gasteiger partial charge in [0.25, 0.3) is 0 Å². The number of carbonyl (C=O) groups excluding carboxylic acids is 1. The van der Waals surface area contributed by atoms with E-state index in [-0.39, 0.29) is 27.6 Å². The number of nitrogens with one attached hydrogen (secondary N) is 2. The lowest BCUT2D eigenvalue weighted by Gasteiger charge is -2.18. The number of thioether (sulfide) groups is 1. The van der Waals surface area contributed by atoms with Crippen LogP contribution in [-0.4, -0.2) is 80.8 Å². The number of aromatic nitrogens is 2. The van der Waals surface area contributed by atoms with Gasteiger partial charge in [-0.05, 0) is 56.1 Å². The van der Waals surface area contributed by atoms with E-state index in [4.69, 9.17) is 0 Å². The highest BCUT2D eigenvalue weighted by Gasteiger charge is 2.43. The molecular weight excluding hydrogens is 585 g/mol. The normalized spacial score (nSPS) is 17.3. The molecule has 2 aromatic heterocycles. The minimum absolute atomic E-state index is 0.115. The molecule has 0 aliphatic carbocycles. The number of hydrogen-bond acceptors (Lipinski definition) is 7. The van der Waals surface area contributed by atoms with Crippen molar-refractivity contribution in [1.29, 1.82) is 0 Å². The predicted molar refractivity (Wildman–Crippen MR) is 160 cm³/mol. The minimum atomic E-state index is -4.51. The number of carbonyl (C=O) groups is 2. The van der Waals surface area contributed by atoms with Crippen molar-refractivity contribution >= 4 is 45.5 Å². The van der Waals surface area contributed by atoms with Gasteiger partial charge >= 0.3 is 18.2 Å². The van der Waals surface area contributed by atoms with E-state index in [2.05, 4.69) is 25.5 Å². The molecule has 2 aliphatic heterocycles. The molecule has 0 saturated carbocycles. The van der Waals surface area contributed by atoms with Crippen molar-refractivity contribution in [3.8, 4) is 11.1 Å². The summed E-state index contributed by atoms with van der Waals surface area (Å²) in [4.78, 5) is 48.0. The minimum Gasteiger partial charge on any atom is -0.477 e. The number of carboxylic acids is 1. The fraction of sp³-hybridized carbons (Fsp3) is 0.414. The lowest BCUT2D eigenvalue weighted by Crippen LogP contribution is -2.29. The Kier molecular flexibility index (Phi) is 9.06. The Labute approximate surface area is 249 Å². The number of aliphatic imine (C=N–C) groups is 1. The lowest BCUT2D eigenvalue weighted by molar-refractivity contribution is -0.141. The van der Waals surface area contributed by atoms with Crippen LogP contribution >= 0.6 is 11.8 Å². The number of benzene rings is 1. The van der Waals surface area contributed by atoms with Gasteiger partial charge in [-0.1, -0.05) is 13.0 Å². The molecule has 2 aliphatic rings. The van der Waals surface area contributed by atoms with Crippen LogP contribution in [0.1, 0.15) is 42.1 Å². The van der Waals surface area contributed by atoms with Crippen molar-refractivity contribution in [2.75, 3.05) is 37.2 Å². The first kappa shape index (κ1) is 30.5. The zero-order valence-electron chi connectivity index (χ0n) is 23.4. The number of aromatic carboxylic acids is 1. The smallest absolute Gasteiger partial charge is 0.411 e. The van der Waals surface area contributed by atoms with Crippen molar-refractivity contribution in [2.24, 2.45) is 4.99 Å². The van der Waals surface area contributed by atoms with Gasteiger partial charge in [0.05, 0.1) is 10.6 Å². The molecule has 1 fully saturated rings. The standard InChI is InChI=1S/C29H31F3N6O4S/c1-2-7-33-28(42)36-24-13-18(26-35-23(16-43-26)29(30,31)32)20(14-34-24)17-5-6-22-19(12-17)25(39)21(27(40)41)15-38(22)11-10-37-8-3-4-9-37/h5-6,12-15,23H,2-4,7-11,16H2,1H3,(H,40,41)(H2,33,34,36,42). The Hall–Kier alpha value is -3.91. The number of pyridine rings is 2. The van der Waals surface area contributed by atoms with E-state index in [1.54, 1.807) is 22.8 Å². The molecule has 228 valence electrons. The SMILES string of the molecule is CCCNC(=O)Nc1cc(C2=NC(C(F)(F)F)CS2)c(-c2ccc3c(c2)c(=O)c(C(=O)O)cn3CCN2CCCC2)cn1. The molecule has 0 radical (unpaired) electrons. The van der Waals surface area contributed by atoms with Crippen LogP contribution in [0.15, 0.2) is 46.4 Å². The molecule has 0 bridgehead atoms. The molecule has 2 amide bonds. The molecule has 5 rings (SSSR count). The summed E-state index contributed by atoms with van der Waals surface area (Å²) in [5, 5.41) is 15.3. The molecule has 4 heterocycles. The summed E-state index contributed by atoms with van der Waals surface area (Å²) < 4.78 is 42.2. The Morgan fingerprint density at radius 3 is 2.58 bits per heavy atom. The fourth-order valence-electron chi connectivity index (χ4n) is 5.18. The number of anilines is 1. The van der Waals surface area contributed by atoms with Gasteiger partial charge in [-0.2, -0.15) is 13.2 Å². The molecule has 1 aromatic carbocycles. The number of amides is 2. The van der Waals surface area contributed by atoms with E-state index in [9.17, 15) is 32.7 Å². The maximum atomic E-state index is 13.5. The Morgan fingerprint density at radius 1 is 1.14 bits per heavy atom. The number of carboxylic acid groups (broad SMARTS) is 1. The van der Waals surface area contributed by atoms with Crippen molar-refractivity contribution in [1.82, 2.24) is 19.8 Å². The Bertz CT molecular complexity index is 1630. The highest BCUT2D eigenvalue weighted by atomic mass is 32.2. The average molecular weight is 617 g/mol. The molecule has 10 nitrogen and oxygen atoms in total. The van der Waals surface area contributed by atoms with Gasteiger partial charge in [0.2, 0.25) is 5.43 Å². The first-order valence-electron chi connectivity index (χ1n) is 14.0. The number of alkyl halides is 3. The van der Waals surface area contributed by atoms with Gasteiger partial charge in [-0.25, -0.2) is 14.6 Å². The summed E-state index contributed by atoms with van der Waals surface area (Å²) in [6.45, 7) is 5.43. The summed E-state index contributed by atoms with van der Waals surface area (Å²) in [6.07, 6.45) is 1.18. The van der Waals surface area contributed by atoms with Crippen LogP contribution in [0.25, 0.3) is 22.0 Å². The molecule has 3 aromatic rings. The van der Waals surface area contributed by atoms with Crippen LogP contribution in [0.5, 0.6) is 0 Å². The fourth-order valence-corrected chi connectivity index (χ4v) is 6.28. The molecular formula is C29H31F3N6O4S. The molecule has 43 heavy (non-hydrogen) atoms. The van der Waals surface area contributed by atoms with E-state index in [1.807, 2.05) is 6.92 Å². The molecule has 1 unspecified atom stereocenters. The van der Waals surface area contributed by atoms with E-state index in [0.29, 0.717) is 48.3 Å². The molecule has 3 N–H and O–H groups in total. The average Bonchev–Trinajstić information content (AvgIpc) is 3.68. The number of rotatable bonds is 9. The number of urea groups is 1. The number of nitrogens with zero attached hydrogens (tertiary/aromatic N) is 4. The third-order valence-electron chi connectivity index (χ3n) is 7.42. The first-order valence-corrected chi connectivity index (χ1v) is 15.0. The molecule has 14 heteroatoms. The summed E-state index contributed by atoms with van der Waals surface area (Å²) >= 11 is 0.941. The molecule has 1 atom stereocenters. The van der Waals surface area contributed by atoms with E-state index >= 15 is 0 Å². The predicted octanol–water partition coefficient (Wildman–Crippen LogP) is 4.81. The molecule has 1 saturated heterocycles.